The summed E-state index contributed by atoms with van der Waals surface area (Å²) in [6.07, 6.45) is 2.09. The summed E-state index contributed by atoms with van der Waals surface area (Å²) < 4.78 is 6.43. The van der Waals surface area contributed by atoms with Crippen LogP contribution in [0.4, 0.5) is 11.4 Å². The fraction of sp³-hybridized carbons (Fsp3) is 0.222. The van der Waals surface area contributed by atoms with Crippen LogP contribution in [0.15, 0.2) is 39.7 Å². The van der Waals surface area contributed by atoms with Gasteiger partial charge in [0, 0.05) is 30.1 Å². The second-order valence-electron chi connectivity index (χ2n) is 6.52. The van der Waals surface area contributed by atoms with Gasteiger partial charge in [-0.25, -0.2) is 9.78 Å². The van der Waals surface area contributed by atoms with Crippen molar-refractivity contribution in [2.24, 2.45) is 0 Å². The Morgan fingerprint density at radius 2 is 2.21 bits per heavy atom. The van der Waals surface area contributed by atoms with E-state index in [9.17, 15) is 19.7 Å². The van der Waals surface area contributed by atoms with E-state index in [-0.39, 0.29) is 30.1 Å². The molecule has 0 aliphatic heterocycles. The third kappa shape index (κ3) is 3.57. The summed E-state index contributed by atoms with van der Waals surface area (Å²) in [6.45, 7) is 2.11. The molecule has 0 unspecified atom stereocenters. The first-order chi connectivity index (χ1) is 13.9. The van der Waals surface area contributed by atoms with E-state index < -0.39 is 10.7 Å². The number of carbonyl (C=O) groups excluding carboxylic acids is 1. The van der Waals surface area contributed by atoms with Gasteiger partial charge in [0.1, 0.15) is 0 Å². The van der Waals surface area contributed by atoms with Crippen molar-refractivity contribution < 1.29 is 14.1 Å². The fourth-order valence-electron chi connectivity index (χ4n) is 3.09. The molecule has 1 aromatic carbocycles. The summed E-state index contributed by atoms with van der Waals surface area (Å²) in [6, 6.07) is 5.77. The van der Waals surface area contributed by atoms with Crippen LogP contribution in [-0.4, -0.2) is 30.6 Å². The van der Waals surface area contributed by atoms with Crippen LogP contribution in [0.3, 0.4) is 0 Å². The van der Waals surface area contributed by atoms with E-state index >= 15 is 0 Å². The molecule has 2 N–H and O–H groups in total. The molecule has 3 aromatic heterocycles. The molecule has 11 nitrogen and oxygen atoms in total. The van der Waals surface area contributed by atoms with Crippen molar-refractivity contribution in [1.82, 2.24) is 19.7 Å². The van der Waals surface area contributed by atoms with Gasteiger partial charge < -0.3 is 9.73 Å². The van der Waals surface area contributed by atoms with Gasteiger partial charge in [-0.3, -0.25) is 24.6 Å². The minimum Gasteiger partial charge on any atom is -0.407 e. The van der Waals surface area contributed by atoms with Crippen molar-refractivity contribution in [3.8, 4) is 0 Å². The van der Waals surface area contributed by atoms with E-state index in [1.807, 2.05) is 6.92 Å². The largest absolute Gasteiger partial charge is 0.419 e. The molecule has 148 valence electrons. The molecular weight excluding hydrogens is 380 g/mol. The summed E-state index contributed by atoms with van der Waals surface area (Å²) in [4.78, 5) is 38.7. The summed E-state index contributed by atoms with van der Waals surface area (Å²) in [5.74, 6) is -0.838. The first-order valence-corrected chi connectivity index (χ1v) is 8.81. The van der Waals surface area contributed by atoms with Gasteiger partial charge in [-0.1, -0.05) is 0 Å². The number of non-ortho nitro benzene ring substituents is 1. The van der Waals surface area contributed by atoms with Gasteiger partial charge in [0.2, 0.25) is 5.91 Å². The van der Waals surface area contributed by atoms with E-state index in [1.54, 1.807) is 6.07 Å². The maximum Gasteiger partial charge on any atom is 0.419 e. The number of hydrogen-bond donors (Lipinski definition) is 2. The molecule has 11 heteroatoms. The summed E-state index contributed by atoms with van der Waals surface area (Å²) >= 11 is 0. The van der Waals surface area contributed by atoms with Gasteiger partial charge >= 0.3 is 5.76 Å². The molecule has 3 heterocycles. The van der Waals surface area contributed by atoms with Crippen LogP contribution >= 0.6 is 0 Å². The Hall–Kier alpha value is -4.02. The number of aromatic nitrogens is 4. The molecule has 4 rings (SSSR count). The molecule has 0 saturated heterocycles. The van der Waals surface area contributed by atoms with Crippen LogP contribution in [0.2, 0.25) is 0 Å². The Bertz CT molecular complexity index is 1300. The Morgan fingerprint density at radius 3 is 3.00 bits per heavy atom. The van der Waals surface area contributed by atoms with Crippen LogP contribution in [0.25, 0.3) is 22.1 Å². The Kier molecular flexibility index (Phi) is 4.55. The SMILES string of the molecule is Cc1[nH]nc2ncc(NC(=O)CCCn3c(=O)oc4cc([N+](=O)[O-])ccc43)cc12. The zero-order chi connectivity index (χ0) is 20.5. The smallest absolute Gasteiger partial charge is 0.407 e. The second-order valence-corrected chi connectivity index (χ2v) is 6.52. The van der Waals surface area contributed by atoms with Gasteiger partial charge in [0.05, 0.1) is 28.4 Å². The monoisotopic (exact) mass is 396 g/mol. The van der Waals surface area contributed by atoms with Crippen LogP contribution in [0.1, 0.15) is 18.5 Å². The van der Waals surface area contributed by atoms with Crippen LogP contribution in [0.5, 0.6) is 0 Å². The van der Waals surface area contributed by atoms with Gasteiger partial charge in [0.15, 0.2) is 11.2 Å². The van der Waals surface area contributed by atoms with Crippen LogP contribution < -0.4 is 11.1 Å². The number of aryl methyl sites for hydroxylation is 2. The summed E-state index contributed by atoms with van der Waals surface area (Å²) in [5, 5.41) is 21.3. The van der Waals surface area contributed by atoms with Gasteiger partial charge in [-0.05, 0) is 25.5 Å². The topological polar surface area (TPSA) is 149 Å². The number of rotatable bonds is 6. The fourth-order valence-corrected chi connectivity index (χ4v) is 3.09. The highest BCUT2D eigenvalue weighted by Crippen LogP contribution is 2.21. The van der Waals surface area contributed by atoms with E-state index in [1.165, 1.54) is 29.0 Å². The highest BCUT2D eigenvalue weighted by Gasteiger charge is 2.14. The normalized spacial score (nSPS) is 11.2. The van der Waals surface area contributed by atoms with E-state index in [0.717, 1.165) is 11.1 Å². The minimum atomic E-state index is -0.619. The average molecular weight is 396 g/mol. The second kappa shape index (κ2) is 7.19. The zero-order valence-electron chi connectivity index (χ0n) is 15.3. The van der Waals surface area contributed by atoms with Gasteiger partial charge in [0.25, 0.3) is 5.69 Å². The minimum absolute atomic E-state index is 0.142. The maximum atomic E-state index is 12.2. The molecule has 1 amide bonds. The van der Waals surface area contributed by atoms with Crippen molar-refractivity contribution >= 4 is 39.4 Å². The van der Waals surface area contributed by atoms with E-state index in [0.29, 0.717) is 23.3 Å². The number of anilines is 1. The van der Waals surface area contributed by atoms with Crippen molar-refractivity contribution in [2.45, 2.75) is 26.3 Å². The molecule has 0 fully saturated rings. The van der Waals surface area contributed by atoms with Gasteiger partial charge in [-0.15, -0.1) is 0 Å². The first-order valence-electron chi connectivity index (χ1n) is 8.81. The summed E-state index contributed by atoms with van der Waals surface area (Å²) in [5.41, 5.74) is 2.43. The highest BCUT2D eigenvalue weighted by atomic mass is 16.6. The number of fused-ring (bicyclic) bond motifs is 2. The molecule has 0 aliphatic rings. The number of nitro groups is 1. The van der Waals surface area contributed by atoms with E-state index in [4.69, 9.17) is 4.42 Å². The maximum absolute atomic E-state index is 12.2. The number of carbonyl (C=O) groups is 1. The quantitative estimate of drug-likeness (QED) is 0.375. The predicted molar refractivity (Wildman–Crippen MR) is 104 cm³/mol. The lowest BCUT2D eigenvalue weighted by atomic mass is 10.2. The number of nitrogens with one attached hydrogen (secondary N) is 2. The molecule has 0 bridgehead atoms. The number of benzene rings is 1. The molecule has 0 atom stereocenters. The van der Waals surface area contributed by atoms with E-state index in [2.05, 4.69) is 20.5 Å². The standard InChI is InChI=1S/C18H16N6O5/c1-10-13-7-11(9-19-17(13)22-21-10)20-16(25)3-2-6-23-14-5-4-12(24(27)28)8-15(14)29-18(23)26/h4-5,7-9H,2-3,6H2,1H3,(H,20,25)(H,19,21,22). The van der Waals surface area contributed by atoms with Crippen molar-refractivity contribution in [2.75, 3.05) is 5.32 Å². The molecular formula is C18H16N6O5. The molecule has 29 heavy (non-hydrogen) atoms. The number of amides is 1. The third-order valence-electron chi connectivity index (χ3n) is 4.53. The Morgan fingerprint density at radius 1 is 1.38 bits per heavy atom. The van der Waals surface area contributed by atoms with Crippen molar-refractivity contribution in [3.63, 3.8) is 0 Å². The number of hydrogen-bond acceptors (Lipinski definition) is 7. The predicted octanol–water partition coefficient (Wildman–Crippen LogP) is 2.50. The number of oxazole rings is 1. The Balaban J connectivity index is 1.41. The molecule has 4 aromatic rings. The third-order valence-corrected chi connectivity index (χ3v) is 4.53. The molecule has 0 radical (unpaired) electrons. The number of H-pyrrole nitrogens is 1. The number of pyridine rings is 1. The van der Waals surface area contributed by atoms with Gasteiger partial charge in [-0.2, -0.15) is 5.10 Å². The lowest BCUT2D eigenvalue weighted by Crippen LogP contribution is -2.17. The lowest BCUT2D eigenvalue weighted by Gasteiger charge is -2.05. The van der Waals surface area contributed by atoms with Crippen molar-refractivity contribution in [1.29, 1.82) is 0 Å². The zero-order valence-corrected chi connectivity index (χ0v) is 15.3. The lowest BCUT2D eigenvalue weighted by molar-refractivity contribution is -0.384. The first kappa shape index (κ1) is 18.3. The molecule has 0 saturated carbocycles. The van der Waals surface area contributed by atoms with Crippen LogP contribution in [0, 0.1) is 17.0 Å². The van der Waals surface area contributed by atoms with Crippen LogP contribution in [-0.2, 0) is 11.3 Å². The average Bonchev–Trinajstić information content (AvgIpc) is 3.21. The number of nitro benzene ring substituents is 1. The summed E-state index contributed by atoms with van der Waals surface area (Å²) in [7, 11) is 0. The molecule has 0 spiro atoms. The number of nitrogens with zero attached hydrogens (tertiary/aromatic N) is 4. The van der Waals surface area contributed by atoms with Crippen molar-refractivity contribution in [3.05, 3.63) is 56.8 Å². The number of aromatic amines is 1. The molecule has 0 aliphatic carbocycles. The highest BCUT2D eigenvalue weighted by molar-refractivity contribution is 5.93. The Labute approximate surface area is 162 Å².